The topological polar surface area (TPSA) is 102 Å². The van der Waals surface area contributed by atoms with Crippen molar-refractivity contribution in [2.45, 2.75) is 19.4 Å². The summed E-state index contributed by atoms with van der Waals surface area (Å²) in [4.78, 5) is 27.6. The van der Waals surface area contributed by atoms with Gasteiger partial charge in [-0.3, -0.25) is 9.69 Å². The highest BCUT2D eigenvalue weighted by Gasteiger charge is 2.32. The van der Waals surface area contributed by atoms with Gasteiger partial charge in [-0.25, -0.2) is 4.79 Å². The second-order valence-electron chi connectivity index (χ2n) is 6.21. The molecule has 1 aliphatic heterocycles. The summed E-state index contributed by atoms with van der Waals surface area (Å²) in [5.74, 6) is 0.314. The summed E-state index contributed by atoms with van der Waals surface area (Å²) in [6.07, 6.45) is 0. The minimum absolute atomic E-state index is 0.123. The first-order chi connectivity index (χ1) is 11.9. The van der Waals surface area contributed by atoms with Crippen molar-refractivity contribution in [1.29, 1.82) is 0 Å². The lowest BCUT2D eigenvalue weighted by Crippen LogP contribution is -2.54. The zero-order valence-electron chi connectivity index (χ0n) is 14.6. The lowest BCUT2D eigenvalue weighted by molar-refractivity contribution is -0.124. The number of rotatable bonds is 8. The molecule has 8 nitrogen and oxygen atoms in total. The van der Waals surface area contributed by atoms with Crippen molar-refractivity contribution in [3.8, 4) is 5.75 Å². The van der Waals surface area contributed by atoms with Crippen LogP contribution in [0.1, 0.15) is 13.8 Å². The fourth-order valence-corrected chi connectivity index (χ4v) is 2.54. The van der Waals surface area contributed by atoms with Crippen molar-refractivity contribution in [2.75, 3.05) is 44.4 Å². The van der Waals surface area contributed by atoms with Crippen LogP contribution in [0.3, 0.4) is 0 Å². The minimum Gasteiger partial charge on any atom is -0.494 e. The smallest absolute Gasteiger partial charge is 0.325 e. The van der Waals surface area contributed by atoms with Crippen LogP contribution in [0.25, 0.3) is 0 Å². The van der Waals surface area contributed by atoms with Gasteiger partial charge in [-0.05, 0) is 38.1 Å². The lowest BCUT2D eigenvalue weighted by Gasteiger charge is -2.27. The molecule has 2 rings (SSSR count). The van der Waals surface area contributed by atoms with Gasteiger partial charge < -0.3 is 25.2 Å². The normalized spacial score (nSPS) is 14.8. The number of anilines is 1. The fourth-order valence-electron chi connectivity index (χ4n) is 2.54. The van der Waals surface area contributed by atoms with E-state index in [-0.39, 0.29) is 25.8 Å². The number of urea groups is 1. The minimum atomic E-state index is -1.10. The molecule has 0 atom stereocenters. The fraction of sp³-hybridized carbons (Fsp3) is 0.529. The van der Waals surface area contributed by atoms with Crippen molar-refractivity contribution in [1.82, 2.24) is 10.2 Å². The Hall–Kier alpha value is -2.32. The molecule has 0 spiro atoms. The number of amides is 3. The molecule has 3 N–H and O–H groups in total. The Bertz CT molecular complexity index is 601. The summed E-state index contributed by atoms with van der Waals surface area (Å²) < 4.78 is 5.38. The second kappa shape index (κ2) is 8.17. The van der Waals surface area contributed by atoms with Crippen molar-refractivity contribution >= 4 is 17.6 Å². The van der Waals surface area contributed by atoms with Gasteiger partial charge >= 0.3 is 6.03 Å². The van der Waals surface area contributed by atoms with Crippen molar-refractivity contribution in [3.63, 3.8) is 0 Å². The van der Waals surface area contributed by atoms with E-state index in [1.54, 1.807) is 29.2 Å². The third-order valence-corrected chi connectivity index (χ3v) is 4.03. The molecule has 0 radical (unpaired) electrons. The number of hydrogen-bond donors (Lipinski definition) is 3. The van der Waals surface area contributed by atoms with E-state index in [0.717, 1.165) is 11.4 Å². The molecule has 0 unspecified atom stereocenters. The number of carbonyl (C=O) groups is 2. The number of benzene rings is 1. The highest BCUT2D eigenvalue weighted by atomic mass is 16.5. The first-order valence-corrected chi connectivity index (χ1v) is 8.24. The third kappa shape index (κ3) is 4.61. The third-order valence-electron chi connectivity index (χ3n) is 4.03. The SMILES string of the molecule is CCOc1ccc(N2CCN(CC(=O)NC(C)(CO)CO)C2=O)cc1. The zero-order chi connectivity index (χ0) is 18.4. The maximum Gasteiger partial charge on any atom is 0.325 e. The van der Waals surface area contributed by atoms with Gasteiger partial charge in [-0.2, -0.15) is 0 Å². The largest absolute Gasteiger partial charge is 0.494 e. The molecule has 8 heteroatoms. The average molecular weight is 351 g/mol. The van der Waals surface area contributed by atoms with Crippen LogP contribution in [0, 0.1) is 0 Å². The predicted octanol–water partition coefficient (Wildman–Crippen LogP) is 0.187. The second-order valence-corrected chi connectivity index (χ2v) is 6.21. The monoisotopic (exact) mass is 351 g/mol. The number of nitrogens with one attached hydrogen (secondary N) is 1. The van der Waals surface area contributed by atoms with Crippen LogP contribution >= 0.6 is 0 Å². The van der Waals surface area contributed by atoms with E-state index in [9.17, 15) is 19.8 Å². The molecule has 1 heterocycles. The molecule has 0 bridgehead atoms. The van der Waals surface area contributed by atoms with E-state index in [1.165, 1.54) is 11.8 Å². The molecule has 1 aromatic carbocycles. The Balaban J connectivity index is 1.96. The molecule has 3 amide bonds. The van der Waals surface area contributed by atoms with Crippen LogP contribution in [0.2, 0.25) is 0 Å². The molecular weight excluding hydrogens is 326 g/mol. The van der Waals surface area contributed by atoms with E-state index in [2.05, 4.69) is 5.32 Å². The van der Waals surface area contributed by atoms with Crippen LogP contribution in [-0.4, -0.2) is 72.0 Å². The van der Waals surface area contributed by atoms with Gasteiger partial charge in [0.1, 0.15) is 12.3 Å². The van der Waals surface area contributed by atoms with Crippen molar-refractivity contribution < 1.29 is 24.5 Å². The van der Waals surface area contributed by atoms with Gasteiger partial charge in [0, 0.05) is 18.8 Å². The number of aliphatic hydroxyl groups excluding tert-OH is 2. The predicted molar refractivity (Wildman–Crippen MR) is 92.6 cm³/mol. The zero-order valence-corrected chi connectivity index (χ0v) is 14.6. The Kier molecular flexibility index (Phi) is 6.22. The molecular formula is C17H25N3O5. The van der Waals surface area contributed by atoms with E-state index in [4.69, 9.17) is 4.74 Å². The van der Waals surface area contributed by atoms with Gasteiger partial charge in [-0.1, -0.05) is 0 Å². The van der Waals surface area contributed by atoms with E-state index in [0.29, 0.717) is 19.7 Å². The number of nitrogens with zero attached hydrogens (tertiary/aromatic N) is 2. The molecule has 138 valence electrons. The summed E-state index contributed by atoms with van der Waals surface area (Å²) in [5.41, 5.74) is -0.360. The molecule has 25 heavy (non-hydrogen) atoms. The first kappa shape index (κ1) is 19.0. The van der Waals surface area contributed by atoms with Crippen LogP contribution in [0.4, 0.5) is 10.5 Å². The molecule has 0 aromatic heterocycles. The number of aliphatic hydroxyl groups is 2. The van der Waals surface area contributed by atoms with Crippen molar-refractivity contribution in [3.05, 3.63) is 24.3 Å². The highest BCUT2D eigenvalue weighted by molar-refractivity contribution is 5.96. The lowest BCUT2D eigenvalue weighted by atomic mass is 10.1. The summed E-state index contributed by atoms with van der Waals surface area (Å²) in [7, 11) is 0. The molecule has 1 aromatic rings. The van der Waals surface area contributed by atoms with Gasteiger partial charge in [0.05, 0.1) is 25.4 Å². The Morgan fingerprint density at radius 1 is 1.24 bits per heavy atom. The summed E-state index contributed by atoms with van der Waals surface area (Å²) in [6, 6.07) is 6.96. The summed E-state index contributed by atoms with van der Waals surface area (Å²) in [5, 5.41) is 21.0. The van der Waals surface area contributed by atoms with E-state index >= 15 is 0 Å². The highest BCUT2D eigenvalue weighted by Crippen LogP contribution is 2.23. The average Bonchev–Trinajstić information content (AvgIpc) is 2.96. The molecule has 0 saturated carbocycles. The number of ether oxygens (including phenoxy) is 1. The van der Waals surface area contributed by atoms with E-state index in [1.807, 2.05) is 6.92 Å². The summed E-state index contributed by atoms with van der Waals surface area (Å²) >= 11 is 0. The number of hydrogen-bond acceptors (Lipinski definition) is 5. The van der Waals surface area contributed by atoms with Crippen LogP contribution in [-0.2, 0) is 4.79 Å². The van der Waals surface area contributed by atoms with Crippen LogP contribution in [0.15, 0.2) is 24.3 Å². The standard InChI is InChI=1S/C17H25N3O5/c1-3-25-14-6-4-13(5-7-14)20-9-8-19(16(20)24)10-15(23)18-17(2,11-21)12-22/h4-7,21-22H,3,8-12H2,1-2H3,(H,18,23). The van der Waals surface area contributed by atoms with E-state index < -0.39 is 11.4 Å². The molecule has 0 aliphatic carbocycles. The summed E-state index contributed by atoms with van der Waals surface area (Å²) in [6.45, 7) is 4.02. The van der Waals surface area contributed by atoms with Crippen LogP contribution in [0.5, 0.6) is 5.75 Å². The Morgan fingerprint density at radius 3 is 2.44 bits per heavy atom. The van der Waals surface area contributed by atoms with Gasteiger partial charge in [0.2, 0.25) is 5.91 Å². The maximum absolute atomic E-state index is 12.5. The quantitative estimate of drug-likeness (QED) is 0.620. The van der Waals surface area contributed by atoms with Crippen molar-refractivity contribution in [2.24, 2.45) is 0 Å². The maximum atomic E-state index is 12.5. The van der Waals surface area contributed by atoms with Gasteiger partial charge in [0.25, 0.3) is 0 Å². The van der Waals surface area contributed by atoms with Gasteiger partial charge in [0.15, 0.2) is 0 Å². The molecule has 1 aliphatic rings. The Labute approximate surface area is 147 Å². The van der Waals surface area contributed by atoms with Crippen LogP contribution < -0.4 is 15.0 Å². The molecule has 1 fully saturated rings. The molecule has 1 saturated heterocycles. The first-order valence-electron chi connectivity index (χ1n) is 8.24. The van der Waals surface area contributed by atoms with Gasteiger partial charge in [-0.15, -0.1) is 0 Å². The number of carbonyl (C=O) groups excluding carboxylic acids is 2. The Morgan fingerprint density at radius 2 is 1.88 bits per heavy atom.